The number of nitrogens with one attached hydrogen (secondary N) is 3. The molecular weight excluding hydrogens is 553 g/mol. The normalized spacial score (nSPS) is 11.0. The molecule has 0 radical (unpaired) electrons. The molecule has 0 saturated heterocycles. The molecular formula is C30H23Cl2N3O3S. The van der Waals surface area contributed by atoms with E-state index in [1.54, 1.807) is 66.7 Å². The number of hydrogen-bond donors (Lipinski definition) is 3. The molecule has 3 amide bonds. The summed E-state index contributed by atoms with van der Waals surface area (Å²) in [4.78, 5) is 39.3. The predicted molar refractivity (Wildman–Crippen MR) is 159 cm³/mol. The Bertz CT molecular complexity index is 1510. The number of para-hydroxylation sites is 1. The summed E-state index contributed by atoms with van der Waals surface area (Å²) in [6, 6.07) is 29.7. The first-order chi connectivity index (χ1) is 18.9. The molecule has 0 aliphatic heterocycles. The van der Waals surface area contributed by atoms with Crippen LogP contribution in [0.5, 0.6) is 0 Å². The largest absolute Gasteiger partial charge is 0.325 e. The van der Waals surface area contributed by atoms with Crippen LogP contribution in [0, 0.1) is 0 Å². The molecule has 0 bridgehead atoms. The lowest BCUT2D eigenvalue weighted by molar-refractivity contribution is -0.114. The Labute approximate surface area is 240 Å². The van der Waals surface area contributed by atoms with Crippen LogP contribution in [-0.2, 0) is 9.59 Å². The molecule has 0 heterocycles. The number of hydrogen-bond acceptors (Lipinski definition) is 4. The molecule has 0 aromatic heterocycles. The van der Waals surface area contributed by atoms with Crippen molar-refractivity contribution >= 4 is 70.1 Å². The minimum absolute atomic E-state index is 0.00614. The highest BCUT2D eigenvalue weighted by Crippen LogP contribution is 2.25. The highest BCUT2D eigenvalue weighted by molar-refractivity contribution is 8.00. The van der Waals surface area contributed by atoms with Gasteiger partial charge in [-0.25, -0.2) is 0 Å². The zero-order valence-electron chi connectivity index (χ0n) is 20.5. The molecule has 0 aliphatic carbocycles. The van der Waals surface area contributed by atoms with Gasteiger partial charge in [-0.05, 0) is 66.2 Å². The van der Waals surface area contributed by atoms with Crippen LogP contribution in [0.3, 0.4) is 0 Å². The monoisotopic (exact) mass is 575 g/mol. The van der Waals surface area contributed by atoms with E-state index in [9.17, 15) is 14.4 Å². The number of anilines is 2. The number of carbonyl (C=O) groups is 3. The van der Waals surface area contributed by atoms with E-state index in [0.29, 0.717) is 26.9 Å². The van der Waals surface area contributed by atoms with Crippen LogP contribution in [-0.4, -0.2) is 23.5 Å². The van der Waals surface area contributed by atoms with Gasteiger partial charge in [0.2, 0.25) is 5.91 Å². The average Bonchev–Trinajstić information content (AvgIpc) is 2.94. The Hall–Kier alpha value is -4.04. The molecule has 0 aliphatic rings. The third-order valence-electron chi connectivity index (χ3n) is 5.31. The molecule has 0 spiro atoms. The van der Waals surface area contributed by atoms with Crippen molar-refractivity contribution in [3.63, 3.8) is 0 Å². The Morgan fingerprint density at radius 2 is 1.44 bits per heavy atom. The van der Waals surface area contributed by atoms with Gasteiger partial charge >= 0.3 is 0 Å². The summed E-state index contributed by atoms with van der Waals surface area (Å²) < 4.78 is 0. The van der Waals surface area contributed by atoms with Gasteiger partial charge < -0.3 is 16.0 Å². The van der Waals surface area contributed by atoms with Gasteiger partial charge in [-0.1, -0.05) is 71.7 Å². The average molecular weight is 577 g/mol. The van der Waals surface area contributed by atoms with Gasteiger partial charge in [-0.3, -0.25) is 14.4 Å². The van der Waals surface area contributed by atoms with E-state index >= 15 is 0 Å². The topological polar surface area (TPSA) is 87.3 Å². The van der Waals surface area contributed by atoms with Crippen molar-refractivity contribution in [1.82, 2.24) is 5.32 Å². The second kappa shape index (κ2) is 13.7. The summed E-state index contributed by atoms with van der Waals surface area (Å²) in [6.07, 6.45) is 1.49. The van der Waals surface area contributed by atoms with Gasteiger partial charge in [0, 0.05) is 31.9 Å². The maximum Gasteiger partial charge on any atom is 0.272 e. The van der Waals surface area contributed by atoms with Crippen LogP contribution < -0.4 is 16.0 Å². The third-order valence-corrected chi connectivity index (χ3v) is 6.87. The molecule has 0 atom stereocenters. The SMILES string of the molecule is O=C(CSc1cccc(NC(=O)/C(=C\c2ccc(Cl)cc2Cl)NC(=O)c2ccccc2)c1)Nc1ccccc1. The van der Waals surface area contributed by atoms with E-state index < -0.39 is 11.8 Å². The first-order valence-corrected chi connectivity index (χ1v) is 13.5. The fourth-order valence-electron chi connectivity index (χ4n) is 3.45. The number of halogens is 2. The van der Waals surface area contributed by atoms with Gasteiger partial charge in [0.25, 0.3) is 11.8 Å². The standard InChI is InChI=1S/C30H23Cl2N3O3S/c31-22-15-14-21(26(32)17-22)16-27(35-29(37)20-8-3-1-4-9-20)30(38)34-24-12-7-13-25(18-24)39-19-28(36)33-23-10-5-2-6-11-23/h1-18H,19H2,(H,33,36)(H,34,38)(H,35,37)/b27-16+. The van der Waals surface area contributed by atoms with Crippen molar-refractivity contribution in [3.8, 4) is 0 Å². The summed E-state index contributed by atoms with van der Waals surface area (Å²) in [5, 5.41) is 9.11. The van der Waals surface area contributed by atoms with E-state index in [4.69, 9.17) is 23.2 Å². The van der Waals surface area contributed by atoms with Crippen LogP contribution in [0.25, 0.3) is 6.08 Å². The highest BCUT2D eigenvalue weighted by atomic mass is 35.5. The number of thioether (sulfide) groups is 1. The first-order valence-electron chi connectivity index (χ1n) is 11.8. The second-order valence-corrected chi connectivity index (χ2v) is 10.1. The molecule has 0 saturated carbocycles. The van der Waals surface area contributed by atoms with E-state index in [1.165, 1.54) is 17.8 Å². The van der Waals surface area contributed by atoms with Crippen molar-refractivity contribution in [3.05, 3.63) is 130 Å². The maximum atomic E-state index is 13.3. The van der Waals surface area contributed by atoms with E-state index in [2.05, 4.69) is 16.0 Å². The number of carbonyl (C=O) groups excluding carboxylic acids is 3. The van der Waals surface area contributed by atoms with Crippen molar-refractivity contribution in [2.24, 2.45) is 0 Å². The van der Waals surface area contributed by atoms with Crippen LogP contribution in [0.1, 0.15) is 15.9 Å². The highest BCUT2D eigenvalue weighted by Gasteiger charge is 2.16. The molecule has 4 aromatic carbocycles. The molecule has 196 valence electrons. The number of benzene rings is 4. The fraction of sp³-hybridized carbons (Fsp3) is 0.0333. The zero-order valence-corrected chi connectivity index (χ0v) is 22.8. The van der Waals surface area contributed by atoms with Gasteiger partial charge in [0.1, 0.15) is 5.70 Å². The quantitative estimate of drug-likeness (QED) is 0.146. The number of rotatable bonds is 9. The van der Waals surface area contributed by atoms with Crippen LogP contribution >= 0.6 is 35.0 Å². The fourth-order valence-corrected chi connectivity index (χ4v) is 4.66. The summed E-state index contributed by atoms with van der Waals surface area (Å²) in [5.41, 5.74) is 2.12. The van der Waals surface area contributed by atoms with Crippen molar-refractivity contribution in [1.29, 1.82) is 0 Å². The van der Waals surface area contributed by atoms with Gasteiger partial charge in [-0.15, -0.1) is 11.8 Å². The summed E-state index contributed by atoms with van der Waals surface area (Å²) in [7, 11) is 0. The molecule has 6 nitrogen and oxygen atoms in total. The van der Waals surface area contributed by atoms with Crippen LogP contribution in [0.15, 0.2) is 114 Å². The summed E-state index contributed by atoms with van der Waals surface area (Å²) in [5.74, 6) is -0.945. The Morgan fingerprint density at radius 3 is 2.15 bits per heavy atom. The lowest BCUT2D eigenvalue weighted by atomic mass is 10.1. The van der Waals surface area contributed by atoms with E-state index in [-0.39, 0.29) is 17.4 Å². The van der Waals surface area contributed by atoms with E-state index in [1.807, 2.05) is 36.4 Å². The maximum absolute atomic E-state index is 13.3. The van der Waals surface area contributed by atoms with Gasteiger partial charge in [0.15, 0.2) is 0 Å². The number of amides is 3. The van der Waals surface area contributed by atoms with Crippen molar-refractivity contribution in [2.45, 2.75) is 4.90 Å². The van der Waals surface area contributed by atoms with E-state index in [0.717, 1.165) is 10.6 Å². The Kier molecular flexibility index (Phi) is 9.80. The van der Waals surface area contributed by atoms with Crippen LogP contribution in [0.4, 0.5) is 11.4 Å². The minimum Gasteiger partial charge on any atom is -0.325 e. The predicted octanol–water partition coefficient (Wildman–Crippen LogP) is 7.13. The lowest BCUT2D eigenvalue weighted by Gasteiger charge is -2.13. The van der Waals surface area contributed by atoms with Crippen LogP contribution in [0.2, 0.25) is 10.0 Å². The molecule has 9 heteroatoms. The van der Waals surface area contributed by atoms with Crippen molar-refractivity contribution in [2.75, 3.05) is 16.4 Å². The Morgan fingerprint density at radius 1 is 0.744 bits per heavy atom. The summed E-state index contributed by atoms with van der Waals surface area (Å²) in [6.45, 7) is 0. The first kappa shape index (κ1) is 28.0. The molecule has 39 heavy (non-hydrogen) atoms. The molecule has 0 unspecified atom stereocenters. The third kappa shape index (κ3) is 8.48. The molecule has 4 rings (SSSR count). The lowest BCUT2D eigenvalue weighted by Crippen LogP contribution is -2.30. The molecule has 4 aromatic rings. The molecule has 0 fully saturated rings. The smallest absolute Gasteiger partial charge is 0.272 e. The summed E-state index contributed by atoms with van der Waals surface area (Å²) >= 11 is 13.7. The Balaban J connectivity index is 1.48. The minimum atomic E-state index is -0.547. The second-order valence-electron chi connectivity index (χ2n) is 8.23. The van der Waals surface area contributed by atoms with Gasteiger partial charge in [-0.2, -0.15) is 0 Å². The molecule has 3 N–H and O–H groups in total. The zero-order chi connectivity index (χ0) is 27.6. The van der Waals surface area contributed by atoms with Gasteiger partial charge in [0.05, 0.1) is 5.75 Å². The van der Waals surface area contributed by atoms with Crippen molar-refractivity contribution < 1.29 is 14.4 Å².